The highest BCUT2D eigenvalue weighted by molar-refractivity contribution is 7.91. The van der Waals surface area contributed by atoms with Gasteiger partial charge in [-0.15, -0.1) is 0 Å². The van der Waals surface area contributed by atoms with Crippen molar-refractivity contribution >= 4 is 27.2 Å². The van der Waals surface area contributed by atoms with Gasteiger partial charge in [0.2, 0.25) is 0 Å². The molecule has 2 fully saturated rings. The van der Waals surface area contributed by atoms with Gasteiger partial charge < -0.3 is 9.47 Å². The van der Waals surface area contributed by atoms with Crippen LogP contribution in [0.25, 0.3) is 0 Å². The largest absolute Gasteiger partial charge is 0.497 e. The van der Waals surface area contributed by atoms with Crippen LogP contribution in [-0.4, -0.2) is 51.8 Å². The smallest absolute Gasteiger partial charge is 0.329 e. The van der Waals surface area contributed by atoms with E-state index in [1.165, 1.54) is 0 Å². The minimum absolute atomic E-state index is 0.0384. The Bertz CT molecular complexity index is 973. The van der Waals surface area contributed by atoms with Crippen molar-refractivity contribution < 1.29 is 22.7 Å². The van der Waals surface area contributed by atoms with Crippen LogP contribution in [-0.2, 0) is 9.84 Å². The lowest BCUT2D eigenvalue weighted by molar-refractivity contribution is 0.255. The quantitative estimate of drug-likeness (QED) is 0.719. The summed E-state index contributed by atoms with van der Waals surface area (Å²) in [4.78, 5) is 16.5. The van der Waals surface area contributed by atoms with E-state index in [1.54, 1.807) is 65.4 Å². The van der Waals surface area contributed by atoms with Gasteiger partial charge in [0, 0.05) is 11.4 Å². The van der Waals surface area contributed by atoms with Crippen LogP contribution in [0.4, 0.5) is 16.2 Å². The number of methoxy groups -OCH3 is 1. The molecule has 28 heavy (non-hydrogen) atoms. The number of fused-ring (bicyclic) bond motifs is 1. The van der Waals surface area contributed by atoms with E-state index in [0.717, 1.165) is 0 Å². The molecule has 0 saturated carbocycles. The molecule has 0 bridgehead atoms. The normalized spacial score (nSPS) is 23.0. The monoisotopic (exact) mass is 402 g/mol. The number of sulfone groups is 1. The predicted molar refractivity (Wildman–Crippen MR) is 107 cm³/mol. The number of ether oxygens (including phenoxy) is 2. The third-order valence-electron chi connectivity index (χ3n) is 5.15. The van der Waals surface area contributed by atoms with Crippen LogP contribution >= 0.6 is 0 Å². The summed E-state index contributed by atoms with van der Waals surface area (Å²) in [5.41, 5.74) is 1.32. The first kappa shape index (κ1) is 18.6. The average molecular weight is 402 g/mol. The van der Waals surface area contributed by atoms with Gasteiger partial charge in [-0.1, -0.05) is 0 Å². The molecule has 2 amide bonds. The van der Waals surface area contributed by atoms with E-state index in [9.17, 15) is 13.2 Å². The first-order valence-corrected chi connectivity index (χ1v) is 11.0. The minimum atomic E-state index is -3.23. The lowest BCUT2D eigenvalue weighted by Gasteiger charge is -2.23. The van der Waals surface area contributed by atoms with Crippen molar-refractivity contribution in [1.82, 2.24) is 0 Å². The molecule has 7 nitrogen and oxygen atoms in total. The van der Waals surface area contributed by atoms with E-state index in [1.807, 2.05) is 6.92 Å². The summed E-state index contributed by atoms with van der Waals surface area (Å²) < 4.78 is 35.3. The van der Waals surface area contributed by atoms with E-state index in [0.29, 0.717) is 29.5 Å². The third kappa shape index (κ3) is 3.17. The number of carbonyl (C=O) groups is 1. The second kappa shape index (κ2) is 7.01. The van der Waals surface area contributed by atoms with Gasteiger partial charge in [0.1, 0.15) is 11.5 Å². The van der Waals surface area contributed by atoms with E-state index >= 15 is 0 Å². The van der Waals surface area contributed by atoms with Crippen molar-refractivity contribution in [3.63, 3.8) is 0 Å². The summed E-state index contributed by atoms with van der Waals surface area (Å²) in [6.45, 7) is 2.45. The van der Waals surface area contributed by atoms with E-state index in [-0.39, 0.29) is 17.5 Å². The van der Waals surface area contributed by atoms with Crippen LogP contribution in [0.3, 0.4) is 0 Å². The summed E-state index contributed by atoms with van der Waals surface area (Å²) in [6.07, 6.45) is 0. The van der Waals surface area contributed by atoms with Gasteiger partial charge in [-0.05, 0) is 55.5 Å². The SMILES string of the molecule is CCOc1ccc(N2C(=O)N(c3ccc(OC)cc3)C3CS(=O)(=O)CC32)cc1. The Balaban J connectivity index is 1.71. The Labute approximate surface area is 164 Å². The van der Waals surface area contributed by atoms with Gasteiger partial charge in [0.25, 0.3) is 0 Å². The number of urea groups is 1. The molecule has 8 heteroatoms. The molecule has 2 heterocycles. The maximum absolute atomic E-state index is 13.3. The Morgan fingerprint density at radius 1 is 0.893 bits per heavy atom. The summed E-state index contributed by atoms with van der Waals surface area (Å²) in [5, 5.41) is 0. The first-order chi connectivity index (χ1) is 13.4. The van der Waals surface area contributed by atoms with Gasteiger partial charge in [-0.25, -0.2) is 13.2 Å². The first-order valence-electron chi connectivity index (χ1n) is 9.13. The molecule has 2 aliphatic heterocycles. The molecule has 0 spiro atoms. The van der Waals surface area contributed by atoms with E-state index in [2.05, 4.69) is 0 Å². The van der Waals surface area contributed by atoms with Crippen molar-refractivity contribution in [2.24, 2.45) is 0 Å². The van der Waals surface area contributed by atoms with Crippen molar-refractivity contribution in [2.75, 3.05) is 35.0 Å². The van der Waals surface area contributed by atoms with Gasteiger partial charge in [-0.2, -0.15) is 0 Å². The molecule has 0 aliphatic carbocycles. The zero-order valence-electron chi connectivity index (χ0n) is 15.7. The van der Waals surface area contributed by atoms with Crippen LogP contribution in [0.15, 0.2) is 48.5 Å². The minimum Gasteiger partial charge on any atom is -0.497 e. The molecular weight excluding hydrogens is 380 g/mol. The van der Waals surface area contributed by atoms with E-state index in [4.69, 9.17) is 9.47 Å². The zero-order valence-corrected chi connectivity index (χ0v) is 16.6. The maximum atomic E-state index is 13.3. The number of nitrogens with zero attached hydrogens (tertiary/aromatic N) is 2. The fourth-order valence-corrected chi connectivity index (χ4v) is 5.84. The molecule has 2 aromatic carbocycles. The van der Waals surface area contributed by atoms with Crippen LogP contribution in [0.2, 0.25) is 0 Å². The van der Waals surface area contributed by atoms with Crippen molar-refractivity contribution in [2.45, 2.75) is 19.0 Å². The standard InChI is InChI=1S/C20H22N2O5S/c1-3-27-17-10-6-15(7-11-17)22-19-13-28(24,25)12-18(19)21(20(22)23)14-4-8-16(26-2)9-5-14/h4-11,18-19H,3,12-13H2,1-2H3. The Hall–Kier alpha value is -2.74. The molecular formula is C20H22N2O5S. The number of benzene rings is 2. The van der Waals surface area contributed by atoms with Gasteiger partial charge >= 0.3 is 6.03 Å². The predicted octanol–water partition coefficient (Wildman–Crippen LogP) is 2.71. The van der Waals surface area contributed by atoms with Crippen LogP contribution in [0.1, 0.15) is 6.92 Å². The molecule has 2 aliphatic rings. The highest BCUT2D eigenvalue weighted by Gasteiger charge is 2.54. The zero-order chi connectivity index (χ0) is 19.9. The van der Waals surface area contributed by atoms with E-state index < -0.39 is 21.9 Å². The van der Waals surface area contributed by atoms with Crippen LogP contribution in [0.5, 0.6) is 11.5 Å². The lowest BCUT2D eigenvalue weighted by Crippen LogP contribution is -2.37. The van der Waals surface area contributed by atoms with Crippen molar-refractivity contribution in [3.8, 4) is 11.5 Å². The Kier molecular flexibility index (Phi) is 4.66. The van der Waals surface area contributed by atoms with Crippen LogP contribution < -0.4 is 19.3 Å². The molecule has 4 rings (SSSR count). The van der Waals surface area contributed by atoms with Crippen molar-refractivity contribution in [3.05, 3.63) is 48.5 Å². The molecule has 148 valence electrons. The summed E-state index contributed by atoms with van der Waals surface area (Å²) in [5.74, 6) is 1.31. The fraction of sp³-hybridized carbons (Fsp3) is 0.350. The van der Waals surface area contributed by atoms with Crippen molar-refractivity contribution in [1.29, 1.82) is 0 Å². The fourth-order valence-electron chi connectivity index (χ4n) is 3.92. The summed E-state index contributed by atoms with van der Waals surface area (Å²) in [6, 6.07) is 13.2. The number of hydrogen-bond acceptors (Lipinski definition) is 5. The molecule has 0 radical (unpaired) electrons. The molecule has 2 unspecified atom stereocenters. The lowest BCUT2D eigenvalue weighted by atomic mass is 10.1. The highest BCUT2D eigenvalue weighted by Crippen LogP contribution is 2.38. The molecule has 2 atom stereocenters. The summed E-state index contributed by atoms with van der Waals surface area (Å²) >= 11 is 0. The maximum Gasteiger partial charge on any atom is 0.329 e. The number of hydrogen-bond donors (Lipinski definition) is 0. The Morgan fingerprint density at radius 3 is 1.79 bits per heavy atom. The second-order valence-electron chi connectivity index (χ2n) is 6.86. The number of rotatable bonds is 5. The molecule has 2 aromatic rings. The van der Waals surface area contributed by atoms with Gasteiger partial charge in [0.05, 0.1) is 37.3 Å². The molecule has 0 aromatic heterocycles. The van der Waals surface area contributed by atoms with Gasteiger partial charge in [0.15, 0.2) is 9.84 Å². The Morgan fingerprint density at radius 2 is 1.36 bits per heavy atom. The topological polar surface area (TPSA) is 76.2 Å². The molecule has 2 saturated heterocycles. The second-order valence-corrected chi connectivity index (χ2v) is 9.01. The number of amides is 2. The average Bonchev–Trinajstić information content (AvgIpc) is 3.11. The summed E-state index contributed by atoms with van der Waals surface area (Å²) in [7, 11) is -1.65. The van der Waals surface area contributed by atoms with Crippen LogP contribution in [0, 0.1) is 0 Å². The highest BCUT2D eigenvalue weighted by atomic mass is 32.2. The molecule has 0 N–H and O–H groups in total. The number of carbonyl (C=O) groups excluding carboxylic acids is 1. The van der Waals surface area contributed by atoms with Gasteiger partial charge in [-0.3, -0.25) is 9.80 Å². The number of anilines is 2. The third-order valence-corrected chi connectivity index (χ3v) is 6.84.